The van der Waals surface area contributed by atoms with Gasteiger partial charge in [0.25, 0.3) is 0 Å². The van der Waals surface area contributed by atoms with Crippen molar-refractivity contribution < 1.29 is 4.79 Å². The number of hydrogen-bond donors (Lipinski definition) is 1. The number of hydrogen-bond acceptors (Lipinski definition) is 2. The van der Waals surface area contributed by atoms with Crippen molar-refractivity contribution in [3.05, 3.63) is 64.1 Å². The molecule has 2 heterocycles. The van der Waals surface area contributed by atoms with Gasteiger partial charge in [-0.3, -0.25) is 4.79 Å². The molecule has 128 valence electrons. The van der Waals surface area contributed by atoms with Crippen LogP contribution in [0, 0.1) is 19.8 Å². The molecule has 0 saturated carbocycles. The van der Waals surface area contributed by atoms with Crippen LogP contribution in [0.2, 0.25) is 5.02 Å². The molecule has 4 nitrogen and oxygen atoms in total. The Labute approximate surface area is 151 Å². The van der Waals surface area contributed by atoms with E-state index in [0.29, 0.717) is 11.4 Å². The van der Waals surface area contributed by atoms with Crippen molar-refractivity contribution in [2.24, 2.45) is 5.92 Å². The highest BCUT2D eigenvalue weighted by atomic mass is 35.5. The number of halogens is 1. The maximum Gasteiger partial charge on any atom is 0.227 e. The zero-order valence-electron chi connectivity index (χ0n) is 14.3. The molecule has 1 N–H and O–H groups in total. The van der Waals surface area contributed by atoms with Crippen LogP contribution in [0.3, 0.4) is 0 Å². The van der Waals surface area contributed by atoms with Gasteiger partial charge in [-0.1, -0.05) is 17.7 Å². The minimum Gasteiger partial charge on any atom is -0.326 e. The van der Waals surface area contributed by atoms with E-state index in [1.54, 1.807) is 0 Å². The lowest BCUT2D eigenvalue weighted by molar-refractivity contribution is -0.120. The van der Waals surface area contributed by atoms with E-state index in [1.165, 1.54) is 5.56 Å². The minimum atomic E-state index is -0.0490. The van der Waals surface area contributed by atoms with Crippen LogP contribution in [0.25, 0.3) is 5.65 Å². The quantitative estimate of drug-likeness (QED) is 0.744. The Kier molecular flexibility index (Phi) is 4.00. The number of amides is 1. The Bertz CT molecular complexity index is 976. The summed E-state index contributed by atoms with van der Waals surface area (Å²) in [6.45, 7) is 3.99. The van der Waals surface area contributed by atoms with Gasteiger partial charge in [0.05, 0.1) is 5.69 Å². The number of carbonyl (C=O) groups excluding carboxylic acids is 1. The molecule has 1 amide bonds. The zero-order chi connectivity index (χ0) is 17.6. The fraction of sp³-hybridized carbons (Fsp3) is 0.300. The maximum atomic E-state index is 12.8. The number of aromatic nitrogens is 2. The molecule has 0 aliphatic heterocycles. The Morgan fingerprint density at radius 2 is 2.16 bits per heavy atom. The summed E-state index contributed by atoms with van der Waals surface area (Å²) < 4.78 is 2.12. The van der Waals surface area contributed by atoms with Gasteiger partial charge in [0, 0.05) is 34.9 Å². The van der Waals surface area contributed by atoms with Crippen molar-refractivity contribution in [2.75, 3.05) is 5.32 Å². The minimum absolute atomic E-state index is 0.0490. The van der Waals surface area contributed by atoms with Crippen molar-refractivity contribution in [3.8, 4) is 0 Å². The molecule has 1 aromatic carbocycles. The summed E-state index contributed by atoms with van der Waals surface area (Å²) >= 11 is 6.15. The van der Waals surface area contributed by atoms with Gasteiger partial charge in [0.1, 0.15) is 5.65 Å². The van der Waals surface area contributed by atoms with E-state index in [9.17, 15) is 4.79 Å². The van der Waals surface area contributed by atoms with E-state index in [1.807, 2.05) is 25.1 Å². The molecular formula is C20H20ClN3O. The molecule has 1 aliphatic rings. The molecule has 25 heavy (non-hydrogen) atoms. The molecule has 2 aromatic heterocycles. The molecule has 1 atom stereocenters. The molecule has 0 saturated heterocycles. The summed E-state index contributed by atoms with van der Waals surface area (Å²) in [7, 11) is 0. The van der Waals surface area contributed by atoms with Crippen LogP contribution in [-0.2, 0) is 17.6 Å². The number of anilines is 1. The lowest BCUT2D eigenvalue weighted by atomic mass is 9.89. The summed E-state index contributed by atoms with van der Waals surface area (Å²) in [5.74, 6) is 0.00478. The first kappa shape index (κ1) is 16.2. The first-order valence-electron chi connectivity index (χ1n) is 8.55. The number of nitrogens with one attached hydrogen (secondary N) is 1. The topological polar surface area (TPSA) is 46.4 Å². The van der Waals surface area contributed by atoms with Crippen LogP contribution in [-0.4, -0.2) is 15.3 Å². The number of aryl methyl sites for hydroxylation is 2. The monoisotopic (exact) mass is 353 g/mol. The van der Waals surface area contributed by atoms with Crippen LogP contribution in [0.15, 0.2) is 36.5 Å². The number of benzene rings is 1. The van der Waals surface area contributed by atoms with Gasteiger partial charge in [0.2, 0.25) is 5.91 Å². The van der Waals surface area contributed by atoms with E-state index < -0.39 is 0 Å². The normalized spacial score (nSPS) is 16.7. The highest BCUT2D eigenvalue weighted by Crippen LogP contribution is 2.29. The molecule has 1 aliphatic carbocycles. The Morgan fingerprint density at radius 1 is 1.32 bits per heavy atom. The number of fused-ring (bicyclic) bond motifs is 3. The average molecular weight is 354 g/mol. The number of nitrogens with zero attached hydrogens (tertiary/aromatic N) is 2. The number of rotatable bonds is 2. The number of carbonyl (C=O) groups is 1. The van der Waals surface area contributed by atoms with Gasteiger partial charge in [-0.25, -0.2) is 4.98 Å². The van der Waals surface area contributed by atoms with Gasteiger partial charge in [-0.05, 0) is 62.1 Å². The SMILES string of the molecule is Cc1ccn2c3c(nc2c1)CCC(C(=O)Nc1cccc(Cl)c1C)C3. The van der Waals surface area contributed by atoms with Crippen LogP contribution in [0.4, 0.5) is 5.69 Å². The van der Waals surface area contributed by atoms with Crippen molar-refractivity contribution in [1.29, 1.82) is 0 Å². The molecule has 1 unspecified atom stereocenters. The smallest absolute Gasteiger partial charge is 0.227 e. The first-order valence-corrected chi connectivity index (χ1v) is 8.93. The number of imidazole rings is 1. The molecule has 0 radical (unpaired) electrons. The van der Waals surface area contributed by atoms with E-state index in [2.05, 4.69) is 35.0 Å². The van der Waals surface area contributed by atoms with E-state index >= 15 is 0 Å². The van der Waals surface area contributed by atoms with E-state index in [4.69, 9.17) is 16.6 Å². The van der Waals surface area contributed by atoms with Gasteiger partial charge >= 0.3 is 0 Å². The third-order valence-electron chi connectivity index (χ3n) is 5.03. The van der Waals surface area contributed by atoms with Gasteiger partial charge in [0.15, 0.2) is 0 Å². The van der Waals surface area contributed by atoms with Crippen molar-refractivity contribution in [3.63, 3.8) is 0 Å². The van der Waals surface area contributed by atoms with Crippen LogP contribution in [0.1, 0.15) is 28.9 Å². The summed E-state index contributed by atoms with van der Waals surface area (Å²) in [6, 6.07) is 9.75. The third-order valence-corrected chi connectivity index (χ3v) is 5.44. The summed E-state index contributed by atoms with van der Waals surface area (Å²) in [4.78, 5) is 17.5. The van der Waals surface area contributed by atoms with Gasteiger partial charge in [-0.2, -0.15) is 0 Å². The Hall–Kier alpha value is -2.33. The second-order valence-corrected chi connectivity index (χ2v) is 7.19. The molecule has 5 heteroatoms. The second-order valence-electron chi connectivity index (χ2n) is 6.78. The largest absolute Gasteiger partial charge is 0.326 e. The van der Waals surface area contributed by atoms with Crippen molar-refractivity contribution in [1.82, 2.24) is 9.38 Å². The molecule has 4 rings (SSSR count). The zero-order valence-corrected chi connectivity index (χ0v) is 15.1. The van der Waals surface area contributed by atoms with Crippen LogP contribution < -0.4 is 5.32 Å². The molecule has 0 fully saturated rings. The first-order chi connectivity index (χ1) is 12.0. The standard InChI is InChI=1S/C20H20ClN3O/c1-12-8-9-24-18-11-14(6-7-17(18)22-19(24)10-12)20(25)23-16-5-3-4-15(21)13(16)2/h3-5,8-10,14H,6-7,11H2,1-2H3,(H,23,25). The van der Waals surface area contributed by atoms with Crippen LogP contribution in [0.5, 0.6) is 0 Å². The third kappa shape index (κ3) is 2.91. The fourth-order valence-electron chi connectivity index (χ4n) is 3.51. The summed E-state index contributed by atoms with van der Waals surface area (Å²) in [5, 5.41) is 3.72. The molecule has 0 bridgehead atoms. The predicted molar refractivity (Wildman–Crippen MR) is 100 cm³/mol. The lowest BCUT2D eigenvalue weighted by Crippen LogP contribution is -2.28. The molecular weight excluding hydrogens is 334 g/mol. The van der Waals surface area contributed by atoms with Crippen LogP contribution >= 0.6 is 11.6 Å². The maximum absolute atomic E-state index is 12.8. The predicted octanol–water partition coefficient (Wildman–Crippen LogP) is 4.35. The Morgan fingerprint density at radius 3 is 3.00 bits per heavy atom. The van der Waals surface area contributed by atoms with Gasteiger partial charge < -0.3 is 9.72 Å². The average Bonchev–Trinajstić information content (AvgIpc) is 2.95. The highest BCUT2D eigenvalue weighted by Gasteiger charge is 2.28. The van der Waals surface area contributed by atoms with E-state index in [-0.39, 0.29) is 11.8 Å². The van der Waals surface area contributed by atoms with E-state index in [0.717, 1.165) is 41.1 Å². The molecule has 3 aromatic rings. The highest BCUT2D eigenvalue weighted by molar-refractivity contribution is 6.31. The second kappa shape index (κ2) is 6.19. The van der Waals surface area contributed by atoms with Gasteiger partial charge in [-0.15, -0.1) is 0 Å². The van der Waals surface area contributed by atoms with Crippen molar-refractivity contribution >= 4 is 28.8 Å². The lowest BCUT2D eigenvalue weighted by Gasteiger charge is -2.22. The number of pyridine rings is 1. The summed E-state index contributed by atoms with van der Waals surface area (Å²) in [5.41, 5.74) is 6.13. The summed E-state index contributed by atoms with van der Waals surface area (Å²) in [6.07, 6.45) is 4.42. The van der Waals surface area contributed by atoms with Crippen molar-refractivity contribution in [2.45, 2.75) is 33.1 Å². The fourth-order valence-corrected chi connectivity index (χ4v) is 3.68. The Balaban J connectivity index is 1.58. The molecule has 0 spiro atoms.